The molecular formula is C16H23N3O2S. The molecule has 3 rings (SSSR count). The van der Waals surface area contributed by atoms with Crippen molar-refractivity contribution >= 4 is 26.6 Å². The van der Waals surface area contributed by atoms with Crippen LogP contribution in [0.25, 0.3) is 10.9 Å². The number of benzene rings is 1. The summed E-state index contributed by atoms with van der Waals surface area (Å²) in [6, 6.07) is 5.67. The molecule has 0 unspecified atom stereocenters. The first kappa shape index (κ1) is 15.4. The Labute approximate surface area is 131 Å². The van der Waals surface area contributed by atoms with Gasteiger partial charge in [0.05, 0.1) is 6.26 Å². The summed E-state index contributed by atoms with van der Waals surface area (Å²) in [5, 5.41) is 1.13. The fourth-order valence-corrected chi connectivity index (χ4v) is 3.87. The smallest absolute Gasteiger partial charge is 0.229 e. The summed E-state index contributed by atoms with van der Waals surface area (Å²) in [7, 11) is -3.24. The molecule has 0 radical (unpaired) electrons. The maximum atomic E-state index is 11.4. The predicted molar refractivity (Wildman–Crippen MR) is 90.9 cm³/mol. The highest BCUT2D eigenvalue weighted by atomic mass is 32.2. The summed E-state index contributed by atoms with van der Waals surface area (Å²) >= 11 is 0. The summed E-state index contributed by atoms with van der Waals surface area (Å²) < 4.78 is 25.4. The van der Waals surface area contributed by atoms with Crippen LogP contribution in [0.4, 0.5) is 5.69 Å². The summed E-state index contributed by atoms with van der Waals surface area (Å²) in [5.74, 6) is 0.546. The van der Waals surface area contributed by atoms with Crippen molar-refractivity contribution in [3.05, 3.63) is 30.0 Å². The van der Waals surface area contributed by atoms with Gasteiger partial charge in [0.15, 0.2) is 0 Å². The molecule has 1 aliphatic rings. The van der Waals surface area contributed by atoms with Crippen molar-refractivity contribution in [2.24, 2.45) is 0 Å². The van der Waals surface area contributed by atoms with E-state index in [4.69, 9.17) is 0 Å². The largest absolute Gasteiger partial charge is 0.361 e. The lowest BCUT2D eigenvalue weighted by molar-refractivity contribution is 0.223. The molecule has 0 bridgehead atoms. The van der Waals surface area contributed by atoms with E-state index >= 15 is 0 Å². The maximum Gasteiger partial charge on any atom is 0.229 e. The zero-order valence-corrected chi connectivity index (χ0v) is 13.9. The van der Waals surface area contributed by atoms with Crippen molar-refractivity contribution in [1.82, 2.24) is 9.88 Å². The van der Waals surface area contributed by atoms with Crippen molar-refractivity contribution in [2.45, 2.75) is 25.7 Å². The van der Waals surface area contributed by atoms with Gasteiger partial charge >= 0.3 is 0 Å². The number of hydrogen-bond donors (Lipinski definition) is 2. The first-order chi connectivity index (χ1) is 10.5. The molecule has 1 aromatic carbocycles. The van der Waals surface area contributed by atoms with Gasteiger partial charge in [0.2, 0.25) is 10.0 Å². The molecule has 0 spiro atoms. The molecule has 1 fully saturated rings. The Morgan fingerprint density at radius 1 is 1.32 bits per heavy atom. The number of sulfonamides is 1. The number of aromatic amines is 1. The minimum atomic E-state index is -3.24. The number of piperidine rings is 1. The molecule has 1 aliphatic heterocycles. The average Bonchev–Trinajstić information content (AvgIpc) is 2.89. The number of rotatable bonds is 4. The molecule has 1 aromatic heterocycles. The number of H-pyrrole nitrogens is 1. The summed E-state index contributed by atoms with van der Waals surface area (Å²) in [4.78, 5) is 5.78. The summed E-state index contributed by atoms with van der Waals surface area (Å²) in [5.41, 5.74) is 3.00. The highest BCUT2D eigenvalue weighted by Gasteiger charge is 2.22. The van der Waals surface area contributed by atoms with E-state index in [0.29, 0.717) is 11.6 Å². The van der Waals surface area contributed by atoms with Crippen molar-refractivity contribution in [1.29, 1.82) is 0 Å². The molecule has 1 saturated heterocycles. The second kappa shape index (κ2) is 5.93. The highest BCUT2D eigenvalue weighted by Crippen LogP contribution is 2.34. The third-order valence-corrected chi connectivity index (χ3v) is 5.10. The molecule has 0 aliphatic carbocycles. The number of fused-ring (bicyclic) bond motifs is 1. The minimum Gasteiger partial charge on any atom is -0.361 e. The van der Waals surface area contributed by atoms with Crippen LogP contribution in [0.15, 0.2) is 24.4 Å². The zero-order chi connectivity index (χ0) is 15.7. The van der Waals surface area contributed by atoms with Crippen LogP contribution < -0.4 is 4.72 Å². The molecular weight excluding hydrogens is 298 g/mol. The molecule has 2 heterocycles. The number of nitrogens with zero attached hydrogens (tertiary/aromatic N) is 1. The van der Waals surface area contributed by atoms with Gasteiger partial charge in [-0.3, -0.25) is 4.72 Å². The minimum absolute atomic E-state index is 0.546. The van der Waals surface area contributed by atoms with Crippen molar-refractivity contribution in [3.8, 4) is 0 Å². The first-order valence-corrected chi connectivity index (χ1v) is 9.66. The van der Waals surface area contributed by atoms with Crippen LogP contribution in [-0.4, -0.2) is 44.2 Å². The van der Waals surface area contributed by atoms with Crippen LogP contribution in [-0.2, 0) is 10.0 Å². The van der Waals surface area contributed by atoms with Crippen molar-refractivity contribution in [2.75, 3.05) is 30.6 Å². The van der Waals surface area contributed by atoms with Gasteiger partial charge in [-0.1, -0.05) is 6.92 Å². The molecule has 0 atom stereocenters. The van der Waals surface area contributed by atoms with Gasteiger partial charge < -0.3 is 9.88 Å². The van der Waals surface area contributed by atoms with Crippen LogP contribution in [0.2, 0.25) is 0 Å². The lowest BCUT2D eigenvalue weighted by atomic mass is 9.89. The van der Waals surface area contributed by atoms with E-state index in [9.17, 15) is 8.42 Å². The second-order valence-corrected chi connectivity index (χ2v) is 7.84. The fraction of sp³-hybridized carbons (Fsp3) is 0.500. The predicted octanol–water partition coefficient (Wildman–Crippen LogP) is 2.74. The van der Waals surface area contributed by atoms with Crippen LogP contribution in [0.5, 0.6) is 0 Å². The topological polar surface area (TPSA) is 65.2 Å². The highest BCUT2D eigenvalue weighted by molar-refractivity contribution is 7.92. The van der Waals surface area contributed by atoms with E-state index < -0.39 is 10.0 Å². The Kier molecular flexibility index (Phi) is 4.14. The van der Waals surface area contributed by atoms with E-state index in [1.807, 2.05) is 12.1 Å². The Hall–Kier alpha value is -1.53. The average molecular weight is 321 g/mol. The molecule has 22 heavy (non-hydrogen) atoms. The van der Waals surface area contributed by atoms with Crippen LogP contribution in [0.1, 0.15) is 31.2 Å². The van der Waals surface area contributed by atoms with E-state index in [0.717, 1.165) is 43.4 Å². The summed E-state index contributed by atoms with van der Waals surface area (Å²) in [6.07, 6.45) is 5.58. The van der Waals surface area contributed by atoms with E-state index in [-0.39, 0.29) is 0 Å². The van der Waals surface area contributed by atoms with Crippen LogP contribution in [0, 0.1) is 0 Å². The molecule has 0 amide bonds. The van der Waals surface area contributed by atoms with Gasteiger partial charge in [0, 0.05) is 22.8 Å². The molecule has 2 N–H and O–H groups in total. The van der Waals surface area contributed by atoms with Crippen molar-refractivity contribution in [3.63, 3.8) is 0 Å². The lowest BCUT2D eigenvalue weighted by Gasteiger charge is -2.30. The maximum absolute atomic E-state index is 11.4. The third-order valence-electron chi connectivity index (χ3n) is 4.49. The number of nitrogens with one attached hydrogen (secondary N) is 2. The number of likely N-dealkylation sites (tertiary alicyclic amines) is 1. The van der Waals surface area contributed by atoms with Gasteiger partial charge in [-0.15, -0.1) is 0 Å². The van der Waals surface area contributed by atoms with Gasteiger partial charge in [-0.05, 0) is 62.2 Å². The van der Waals surface area contributed by atoms with E-state index in [1.165, 1.54) is 11.8 Å². The standard InChI is InChI=1S/C16H23N3O2S/c1-3-19-8-6-12(7-9-19)15-11-17-16-5-4-13(10-14(15)16)18-22(2,20)21/h4-5,10-12,17-18H,3,6-9H2,1-2H3. The number of aromatic nitrogens is 1. The second-order valence-electron chi connectivity index (χ2n) is 6.09. The Morgan fingerprint density at radius 2 is 2.05 bits per heavy atom. The van der Waals surface area contributed by atoms with Gasteiger partial charge in [0.1, 0.15) is 0 Å². The zero-order valence-electron chi connectivity index (χ0n) is 13.1. The number of hydrogen-bond acceptors (Lipinski definition) is 3. The lowest BCUT2D eigenvalue weighted by Crippen LogP contribution is -2.32. The van der Waals surface area contributed by atoms with E-state index in [1.54, 1.807) is 6.07 Å². The molecule has 0 saturated carbocycles. The third kappa shape index (κ3) is 3.28. The van der Waals surface area contributed by atoms with Crippen molar-refractivity contribution < 1.29 is 8.42 Å². The fourth-order valence-electron chi connectivity index (χ4n) is 3.32. The monoisotopic (exact) mass is 321 g/mol. The SMILES string of the molecule is CCN1CCC(c2c[nH]c3ccc(NS(C)(=O)=O)cc23)CC1. The number of anilines is 1. The Morgan fingerprint density at radius 3 is 2.68 bits per heavy atom. The normalized spacial score (nSPS) is 17.9. The first-order valence-electron chi connectivity index (χ1n) is 7.77. The molecule has 6 heteroatoms. The van der Waals surface area contributed by atoms with Gasteiger partial charge in [-0.2, -0.15) is 0 Å². The quantitative estimate of drug-likeness (QED) is 0.910. The van der Waals surface area contributed by atoms with Gasteiger partial charge in [-0.25, -0.2) is 8.42 Å². The van der Waals surface area contributed by atoms with Crippen LogP contribution in [0.3, 0.4) is 0 Å². The Bertz CT molecular complexity index is 759. The van der Waals surface area contributed by atoms with Crippen LogP contribution >= 0.6 is 0 Å². The molecule has 120 valence electrons. The summed E-state index contributed by atoms with van der Waals surface area (Å²) in [6.45, 7) is 5.59. The molecule has 5 nitrogen and oxygen atoms in total. The Balaban J connectivity index is 1.89. The molecule has 2 aromatic rings. The van der Waals surface area contributed by atoms with Gasteiger partial charge in [0.25, 0.3) is 0 Å². The van der Waals surface area contributed by atoms with E-state index in [2.05, 4.69) is 27.7 Å².